The van der Waals surface area contributed by atoms with Crippen LogP contribution in [-0.2, 0) is 16.1 Å². The van der Waals surface area contributed by atoms with Gasteiger partial charge in [-0.05, 0) is 5.92 Å². The van der Waals surface area contributed by atoms with Gasteiger partial charge in [0.25, 0.3) is 11.3 Å². The monoisotopic (exact) mass is 179 g/mol. The van der Waals surface area contributed by atoms with Crippen molar-refractivity contribution in [2.24, 2.45) is 5.92 Å². The molecule has 0 bridgehead atoms. The van der Waals surface area contributed by atoms with Crippen LogP contribution in [0.25, 0.3) is 0 Å². The second kappa shape index (κ2) is 4.46. The first-order valence-electron chi connectivity index (χ1n) is 3.32. The molecule has 11 heavy (non-hydrogen) atoms. The molecule has 0 radical (unpaired) electrons. The summed E-state index contributed by atoms with van der Waals surface area (Å²) in [4.78, 5) is 11.0. The van der Waals surface area contributed by atoms with Crippen molar-refractivity contribution in [3.63, 3.8) is 0 Å². The molecule has 0 aliphatic rings. The van der Waals surface area contributed by atoms with Gasteiger partial charge in [0.1, 0.15) is 0 Å². The Kier molecular flexibility index (Phi) is 4.29. The number of carbonyl (C=O) groups is 1. The Balaban J connectivity index is 3.93. The summed E-state index contributed by atoms with van der Waals surface area (Å²) < 4.78 is 19.6. The van der Waals surface area contributed by atoms with Crippen LogP contribution in [-0.4, -0.2) is 26.0 Å². The van der Waals surface area contributed by atoms with E-state index in [0.29, 0.717) is 6.42 Å². The summed E-state index contributed by atoms with van der Waals surface area (Å²) in [7, 11) is 1.31. The molecule has 0 aliphatic heterocycles. The topological polar surface area (TPSA) is 57.6 Å². The zero-order chi connectivity index (χ0) is 9.02. The molecule has 1 amide bonds. The van der Waals surface area contributed by atoms with E-state index < -0.39 is 11.3 Å². The molecule has 5 heteroatoms. The lowest BCUT2D eigenvalue weighted by Gasteiger charge is -2.12. The summed E-state index contributed by atoms with van der Waals surface area (Å²) in [5, 5.41) is 0. The van der Waals surface area contributed by atoms with E-state index in [1.54, 1.807) is 0 Å². The molecule has 0 aliphatic carbocycles. The number of hydrogen-bond acceptors (Lipinski definition) is 2. The van der Waals surface area contributed by atoms with Gasteiger partial charge in [-0.25, -0.2) is 8.51 Å². The molecule has 0 aromatic rings. The fourth-order valence-corrected chi connectivity index (χ4v) is 0.814. The first-order valence-corrected chi connectivity index (χ1v) is 4.39. The largest absolute Gasteiger partial charge is 0.289 e. The second-order valence-corrected chi connectivity index (χ2v) is 3.73. The third kappa shape index (κ3) is 4.10. The molecule has 66 valence electrons. The molecule has 4 nitrogen and oxygen atoms in total. The van der Waals surface area contributed by atoms with Gasteiger partial charge in [-0.1, -0.05) is 13.8 Å². The molecule has 0 heterocycles. The Morgan fingerprint density at radius 2 is 2.09 bits per heavy atom. The van der Waals surface area contributed by atoms with Crippen molar-refractivity contribution in [3.05, 3.63) is 0 Å². The molecule has 0 rings (SSSR count). The highest BCUT2D eigenvalue weighted by Crippen LogP contribution is 2.03. The molecule has 0 aromatic carbocycles. The summed E-state index contributed by atoms with van der Waals surface area (Å²) in [6, 6.07) is 0. The fraction of sp³-hybridized carbons (Fsp3) is 0.833. The van der Waals surface area contributed by atoms with Crippen LogP contribution >= 0.6 is 0 Å². The van der Waals surface area contributed by atoms with Crippen LogP contribution in [0.1, 0.15) is 20.3 Å². The third-order valence-electron chi connectivity index (χ3n) is 1.17. The summed E-state index contributed by atoms with van der Waals surface area (Å²) in [6.45, 7) is 3.76. The maximum absolute atomic E-state index is 11.0. The van der Waals surface area contributed by atoms with E-state index >= 15 is 0 Å². The van der Waals surface area contributed by atoms with Gasteiger partial charge >= 0.3 is 0 Å². The maximum Gasteiger partial charge on any atom is 0.263 e. The first kappa shape index (κ1) is 10.6. The van der Waals surface area contributed by atoms with Crippen molar-refractivity contribution in [2.45, 2.75) is 20.3 Å². The van der Waals surface area contributed by atoms with Gasteiger partial charge in [0.05, 0.1) is 0 Å². The van der Waals surface area contributed by atoms with Crippen LogP contribution in [0.4, 0.5) is 0 Å². The van der Waals surface area contributed by atoms with Gasteiger partial charge in [0.2, 0.25) is 5.91 Å². The van der Waals surface area contributed by atoms with Crippen LogP contribution in [0.15, 0.2) is 0 Å². The fourth-order valence-electron chi connectivity index (χ4n) is 0.565. The van der Waals surface area contributed by atoms with Crippen molar-refractivity contribution in [2.75, 3.05) is 7.05 Å². The Morgan fingerprint density at radius 1 is 1.64 bits per heavy atom. The predicted molar refractivity (Wildman–Crippen MR) is 43.0 cm³/mol. The average molecular weight is 179 g/mol. The number of amides is 1. The van der Waals surface area contributed by atoms with Crippen LogP contribution < -0.4 is 0 Å². The lowest BCUT2D eigenvalue weighted by atomic mass is 10.1. The Labute approximate surface area is 69.0 Å². The van der Waals surface area contributed by atoms with Gasteiger partial charge in [0.15, 0.2) is 0 Å². The standard InChI is InChI=1S/C6H13NO3S/c1-5(2)4-6(8)7(3)11(9)10/h5H,4H2,1-3H3,(H,9,10). The summed E-state index contributed by atoms with van der Waals surface area (Å²) >= 11 is -2.17. The van der Waals surface area contributed by atoms with Crippen molar-refractivity contribution in [3.8, 4) is 0 Å². The van der Waals surface area contributed by atoms with Gasteiger partial charge in [-0.2, -0.15) is 0 Å². The number of rotatable bonds is 3. The van der Waals surface area contributed by atoms with E-state index in [9.17, 15) is 9.00 Å². The Bertz CT molecular complexity index is 169. The normalized spacial score (nSPS) is 13.2. The zero-order valence-electron chi connectivity index (χ0n) is 6.90. The summed E-state index contributed by atoms with van der Waals surface area (Å²) in [5.41, 5.74) is 0. The Morgan fingerprint density at radius 3 is 2.36 bits per heavy atom. The van der Waals surface area contributed by atoms with Gasteiger partial charge in [0, 0.05) is 13.5 Å². The zero-order valence-corrected chi connectivity index (χ0v) is 7.72. The molecular formula is C6H13NO3S. The molecule has 1 atom stereocenters. The van der Waals surface area contributed by atoms with Crippen molar-refractivity contribution < 1.29 is 13.6 Å². The molecule has 0 saturated carbocycles. The first-order chi connectivity index (χ1) is 4.95. The highest BCUT2D eigenvalue weighted by Gasteiger charge is 2.14. The molecule has 0 saturated heterocycles. The molecule has 0 aromatic heterocycles. The van der Waals surface area contributed by atoms with E-state index in [-0.39, 0.29) is 11.8 Å². The average Bonchev–Trinajstić information content (AvgIpc) is 1.84. The third-order valence-corrected chi connectivity index (χ3v) is 1.84. The molecular weight excluding hydrogens is 166 g/mol. The molecule has 1 N–H and O–H groups in total. The summed E-state index contributed by atoms with van der Waals surface area (Å²) in [5.74, 6) is -0.0886. The predicted octanol–water partition coefficient (Wildman–Crippen LogP) is 0.628. The quantitative estimate of drug-likeness (QED) is 0.646. The van der Waals surface area contributed by atoms with Crippen LogP contribution in [0.3, 0.4) is 0 Å². The molecule has 0 fully saturated rings. The van der Waals surface area contributed by atoms with Crippen molar-refractivity contribution in [1.29, 1.82) is 0 Å². The van der Waals surface area contributed by atoms with E-state index in [2.05, 4.69) is 0 Å². The van der Waals surface area contributed by atoms with Crippen molar-refractivity contribution in [1.82, 2.24) is 4.31 Å². The minimum absolute atomic E-state index is 0.216. The smallest absolute Gasteiger partial charge is 0.263 e. The van der Waals surface area contributed by atoms with Gasteiger partial charge in [-0.3, -0.25) is 9.35 Å². The van der Waals surface area contributed by atoms with E-state index in [1.165, 1.54) is 7.05 Å². The van der Waals surface area contributed by atoms with Crippen LogP contribution in [0.5, 0.6) is 0 Å². The lowest BCUT2D eigenvalue weighted by Crippen LogP contribution is -2.29. The highest BCUT2D eigenvalue weighted by atomic mass is 32.2. The van der Waals surface area contributed by atoms with E-state index in [4.69, 9.17) is 4.55 Å². The summed E-state index contributed by atoms with van der Waals surface area (Å²) in [6.07, 6.45) is 0.308. The lowest BCUT2D eigenvalue weighted by molar-refractivity contribution is -0.126. The highest BCUT2D eigenvalue weighted by molar-refractivity contribution is 7.77. The van der Waals surface area contributed by atoms with Crippen LogP contribution in [0.2, 0.25) is 0 Å². The number of nitrogens with zero attached hydrogens (tertiary/aromatic N) is 1. The van der Waals surface area contributed by atoms with E-state index in [0.717, 1.165) is 4.31 Å². The van der Waals surface area contributed by atoms with E-state index in [1.807, 2.05) is 13.8 Å². The number of hydrogen-bond donors (Lipinski definition) is 1. The number of carbonyl (C=O) groups excluding carboxylic acids is 1. The minimum atomic E-state index is -2.17. The van der Waals surface area contributed by atoms with Gasteiger partial charge in [-0.15, -0.1) is 0 Å². The van der Waals surface area contributed by atoms with Crippen molar-refractivity contribution >= 4 is 17.2 Å². The molecule has 1 unspecified atom stereocenters. The Hall–Kier alpha value is -0.420. The minimum Gasteiger partial charge on any atom is -0.289 e. The SMILES string of the molecule is CC(C)CC(=O)N(C)S(=O)O. The maximum atomic E-state index is 11.0. The molecule has 0 spiro atoms. The van der Waals surface area contributed by atoms with Gasteiger partial charge < -0.3 is 0 Å². The second-order valence-electron chi connectivity index (χ2n) is 2.72. The van der Waals surface area contributed by atoms with Crippen LogP contribution in [0, 0.1) is 5.92 Å².